The smallest absolute Gasteiger partial charge is 0.354 e. The maximum Gasteiger partial charge on any atom is 0.354 e. The highest BCUT2D eigenvalue weighted by molar-refractivity contribution is 5.99. The largest absolute Gasteiger partial charge is 0.477 e. The predicted octanol–water partition coefficient (Wildman–Crippen LogP) is 5.51. The molecule has 2 heterocycles. The lowest BCUT2D eigenvalue weighted by Crippen LogP contribution is -2.45. The fourth-order valence-electron chi connectivity index (χ4n) is 4.36. The van der Waals surface area contributed by atoms with Gasteiger partial charge in [-0.15, -0.1) is 0 Å². The van der Waals surface area contributed by atoms with Gasteiger partial charge in [0.15, 0.2) is 0 Å². The highest BCUT2D eigenvalue weighted by Crippen LogP contribution is 2.26. The lowest BCUT2D eigenvalue weighted by molar-refractivity contribution is -0.119. The van der Waals surface area contributed by atoms with Crippen molar-refractivity contribution in [2.75, 3.05) is 17.2 Å². The zero-order valence-corrected chi connectivity index (χ0v) is 20.6. The summed E-state index contributed by atoms with van der Waals surface area (Å²) in [4.78, 5) is 42.6. The van der Waals surface area contributed by atoms with Gasteiger partial charge in [-0.2, -0.15) is 0 Å². The number of pyridine rings is 1. The maximum atomic E-state index is 13.0. The van der Waals surface area contributed by atoms with Crippen LogP contribution in [0.25, 0.3) is 11.1 Å². The molecule has 0 spiro atoms. The number of carbonyl (C=O) groups excluding carboxylic acids is 2. The summed E-state index contributed by atoms with van der Waals surface area (Å²) < 4.78 is 0. The first-order valence-corrected chi connectivity index (χ1v) is 12.0. The number of hydrogen-bond acceptors (Lipinski definition) is 4. The van der Waals surface area contributed by atoms with Crippen LogP contribution in [0.3, 0.4) is 0 Å². The van der Waals surface area contributed by atoms with Crippen LogP contribution in [-0.4, -0.2) is 45.5 Å². The van der Waals surface area contributed by atoms with Crippen molar-refractivity contribution >= 4 is 29.3 Å². The topological polar surface area (TPSA) is 112 Å². The van der Waals surface area contributed by atoms with Gasteiger partial charge in [0.05, 0.1) is 0 Å². The number of nitrogens with zero attached hydrogens (tertiary/aromatic N) is 2. The van der Waals surface area contributed by atoms with Crippen LogP contribution < -0.4 is 10.6 Å². The van der Waals surface area contributed by atoms with Crippen molar-refractivity contribution in [1.82, 2.24) is 9.88 Å². The van der Waals surface area contributed by atoms with Crippen LogP contribution in [-0.2, 0) is 4.79 Å². The van der Waals surface area contributed by atoms with E-state index in [2.05, 4.69) is 29.5 Å². The molecule has 1 fully saturated rings. The molecule has 1 aromatic heterocycles. The maximum absolute atomic E-state index is 13.0. The normalized spacial score (nSPS) is 15.1. The number of likely N-dealkylation sites (tertiary alicyclic amines) is 1. The zero-order chi connectivity index (χ0) is 25.8. The van der Waals surface area contributed by atoms with E-state index in [0.717, 1.165) is 23.1 Å². The quantitative estimate of drug-likeness (QED) is 0.425. The molecule has 1 saturated heterocycles. The van der Waals surface area contributed by atoms with Crippen molar-refractivity contribution < 1.29 is 19.5 Å². The van der Waals surface area contributed by atoms with Gasteiger partial charge < -0.3 is 20.6 Å². The second-order valence-corrected chi connectivity index (χ2v) is 9.31. The highest BCUT2D eigenvalue weighted by Gasteiger charge is 2.34. The third-order valence-corrected chi connectivity index (χ3v) is 6.44. The van der Waals surface area contributed by atoms with Crippen LogP contribution in [0.5, 0.6) is 0 Å². The second-order valence-electron chi connectivity index (χ2n) is 9.31. The zero-order valence-electron chi connectivity index (χ0n) is 20.6. The van der Waals surface area contributed by atoms with Gasteiger partial charge in [0.1, 0.15) is 11.7 Å². The van der Waals surface area contributed by atoms with Gasteiger partial charge in [0, 0.05) is 29.7 Å². The van der Waals surface area contributed by atoms with Crippen molar-refractivity contribution in [2.45, 2.75) is 45.6 Å². The van der Waals surface area contributed by atoms with E-state index in [4.69, 9.17) is 5.11 Å². The fourth-order valence-corrected chi connectivity index (χ4v) is 4.36. The van der Waals surface area contributed by atoms with E-state index in [1.807, 2.05) is 43.3 Å². The summed E-state index contributed by atoms with van der Waals surface area (Å²) in [6.45, 7) is 6.58. The summed E-state index contributed by atoms with van der Waals surface area (Å²) >= 11 is 0. The molecular formula is C28H30N4O4. The van der Waals surface area contributed by atoms with Crippen molar-refractivity contribution in [3.05, 3.63) is 77.6 Å². The minimum absolute atomic E-state index is 0.00198. The summed E-state index contributed by atoms with van der Waals surface area (Å²) in [5.74, 6) is -0.885. The first kappa shape index (κ1) is 24.9. The first-order chi connectivity index (χ1) is 17.2. The van der Waals surface area contributed by atoms with Gasteiger partial charge in [0.25, 0.3) is 0 Å². The molecular weight excluding hydrogens is 456 g/mol. The van der Waals surface area contributed by atoms with E-state index in [0.29, 0.717) is 30.3 Å². The molecule has 3 N–H and O–H groups in total. The SMILES string of the molecule is Cc1cc(C(=O)O)ncc1-c1ccc(NC(=O)[C@H]2CCCN2C(=O)Nc2ccc(C(C)C)cc2)cc1. The summed E-state index contributed by atoms with van der Waals surface area (Å²) in [7, 11) is 0. The molecule has 1 aliphatic heterocycles. The number of aryl methyl sites for hydroxylation is 1. The molecule has 1 aliphatic rings. The third kappa shape index (κ3) is 5.54. The van der Waals surface area contributed by atoms with E-state index in [1.165, 1.54) is 17.8 Å². The summed E-state index contributed by atoms with van der Waals surface area (Å²) in [6.07, 6.45) is 2.90. The second kappa shape index (κ2) is 10.6. The number of rotatable bonds is 6. The van der Waals surface area contributed by atoms with E-state index >= 15 is 0 Å². The Morgan fingerprint density at radius 1 is 1.00 bits per heavy atom. The molecule has 186 valence electrons. The molecule has 36 heavy (non-hydrogen) atoms. The number of carbonyl (C=O) groups is 3. The number of carboxylic acids is 1. The molecule has 8 heteroatoms. The van der Waals surface area contributed by atoms with Crippen molar-refractivity contribution in [3.8, 4) is 11.1 Å². The molecule has 4 rings (SSSR count). The van der Waals surface area contributed by atoms with E-state index in [1.54, 1.807) is 17.0 Å². The molecule has 0 unspecified atom stereocenters. The molecule has 0 bridgehead atoms. The predicted molar refractivity (Wildman–Crippen MR) is 139 cm³/mol. The molecule has 2 aromatic carbocycles. The molecule has 3 aromatic rings. The van der Waals surface area contributed by atoms with E-state index in [9.17, 15) is 14.4 Å². The molecule has 8 nitrogen and oxygen atoms in total. The number of benzene rings is 2. The molecule has 1 atom stereocenters. The number of aromatic carboxylic acids is 1. The van der Waals surface area contributed by atoms with Crippen molar-refractivity contribution in [2.24, 2.45) is 0 Å². The van der Waals surface area contributed by atoms with Gasteiger partial charge >= 0.3 is 12.0 Å². The third-order valence-electron chi connectivity index (χ3n) is 6.44. The highest BCUT2D eigenvalue weighted by atomic mass is 16.4. The first-order valence-electron chi connectivity index (χ1n) is 12.0. The van der Waals surface area contributed by atoms with Gasteiger partial charge in [-0.25, -0.2) is 14.6 Å². The van der Waals surface area contributed by atoms with Gasteiger partial charge in [0.2, 0.25) is 5.91 Å². The Bertz CT molecular complexity index is 1270. The average molecular weight is 487 g/mol. The van der Waals surface area contributed by atoms with Gasteiger partial charge in [-0.1, -0.05) is 38.1 Å². The summed E-state index contributed by atoms with van der Waals surface area (Å²) in [6, 6.07) is 15.7. The average Bonchev–Trinajstić information content (AvgIpc) is 3.35. The van der Waals surface area contributed by atoms with E-state index in [-0.39, 0.29) is 17.6 Å². The summed E-state index contributed by atoms with van der Waals surface area (Å²) in [5.41, 5.74) is 4.99. The Hall–Kier alpha value is -4.20. The number of anilines is 2. The van der Waals surface area contributed by atoms with Crippen LogP contribution in [0.15, 0.2) is 60.8 Å². The number of aromatic nitrogens is 1. The van der Waals surface area contributed by atoms with Crippen molar-refractivity contribution in [1.29, 1.82) is 0 Å². The summed E-state index contributed by atoms with van der Waals surface area (Å²) in [5, 5.41) is 14.9. The lowest BCUT2D eigenvalue weighted by atomic mass is 10.0. The minimum Gasteiger partial charge on any atom is -0.477 e. The Labute approximate surface area is 210 Å². The van der Waals surface area contributed by atoms with Crippen LogP contribution in [0.2, 0.25) is 0 Å². The lowest BCUT2D eigenvalue weighted by Gasteiger charge is -2.24. The standard InChI is InChI=1S/C28H30N4O4/c1-17(2)19-6-10-22(11-7-19)31-28(36)32-14-4-5-25(32)26(33)30-21-12-8-20(9-13-21)23-16-29-24(27(34)35)15-18(23)3/h6-13,15-17,25H,4-5,14H2,1-3H3,(H,30,33)(H,31,36)(H,34,35)/t25-/m1/s1. The molecule has 3 amide bonds. The Kier molecular flexibility index (Phi) is 7.33. The van der Waals surface area contributed by atoms with Crippen molar-refractivity contribution in [3.63, 3.8) is 0 Å². The van der Waals surface area contributed by atoms with Gasteiger partial charge in [-0.05, 0) is 72.7 Å². The Morgan fingerprint density at radius 2 is 1.64 bits per heavy atom. The Balaban J connectivity index is 1.39. The Morgan fingerprint density at radius 3 is 2.25 bits per heavy atom. The van der Waals surface area contributed by atoms with Crippen LogP contribution >= 0.6 is 0 Å². The van der Waals surface area contributed by atoms with E-state index < -0.39 is 12.0 Å². The number of nitrogens with one attached hydrogen (secondary N) is 2. The number of amides is 3. The minimum atomic E-state index is -1.07. The van der Waals surface area contributed by atoms with Gasteiger partial charge in [-0.3, -0.25) is 4.79 Å². The molecule has 0 aliphatic carbocycles. The van der Waals surface area contributed by atoms with Crippen LogP contribution in [0, 0.1) is 6.92 Å². The molecule has 0 saturated carbocycles. The van der Waals surface area contributed by atoms with Crippen LogP contribution in [0.1, 0.15) is 54.2 Å². The number of carboxylic acid groups (broad SMARTS) is 1. The van der Waals surface area contributed by atoms with Crippen LogP contribution in [0.4, 0.5) is 16.2 Å². The monoisotopic (exact) mass is 486 g/mol. The molecule has 0 radical (unpaired) electrons. The number of urea groups is 1. The fraction of sp³-hybridized carbons (Fsp3) is 0.286. The number of hydrogen-bond donors (Lipinski definition) is 3.